The number of halogens is 3. The summed E-state index contributed by atoms with van der Waals surface area (Å²) in [5, 5.41) is 0.694. The van der Waals surface area contributed by atoms with E-state index in [1.165, 1.54) is 13.0 Å². The van der Waals surface area contributed by atoms with Crippen molar-refractivity contribution in [1.29, 1.82) is 0 Å². The summed E-state index contributed by atoms with van der Waals surface area (Å²) in [5.74, 6) is -0.0468. The van der Waals surface area contributed by atoms with Crippen molar-refractivity contribution in [3.63, 3.8) is 0 Å². The highest BCUT2D eigenvalue weighted by molar-refractivity contribution is 6.10. The third-order valence-electron chi connectivity index (χ3n) is 7.11. The van der Waals surface area contributed by atoms with Gasteiger partial charge in [0.1, 0.15) is 11.4 Å². The summed E-state index contributed by atoms with van der Waals surface area (Å²) >= 11 is 0. The summed E-state index contributed by atoms with van der Waals surface area (Å²) in [7, 11) is 1.59. The number of fused-ring (bicyclic) bond motifs is 1. The lowest BCUT2D eigenvalue weighted by molar-refractivity contribution is -0.137. The van der Waals surface area contributed by atoms with Crippen LogP contribution in [0.4, 0.5) is 13.2 Å². The fourth-order valence-electron chi connectivity index (χ4n) is 5.11. The maximum atomic E-state index is 13.6. The van der Waals surface area contributed by atoms with E-state index in [9.17, 15) is 22.8 Å². The normalized spacial score (nSPS) is 11.5. The largest absolute Gasteiger partial charge is 0.497 e. The van der Waals surface area contributed by atoms with Crippen molar-refractivity contribution in [3.8, 4) is 28.0 Å². The number of ether oxygens (including phenoxy) is 2. The number of rotatable bonds is 8. The number of esters is 1. The molecule has 1 heterocycles. The van der Waals surface area contributed by atoms with Crippen LogP contribution >= 0.6 is 0 Å². The lowest BCUT2D eigenvalue weighted by Crippen LogP contribution is -2.14. The zero-order valence-corrected chi connectivity index (χ0v) is 23.3. The SMILES string of the molecule is CCOC(=O)c1c(-c2cccc(C(C)=O)c2)c2cc(-c3ccc(OC)cc3)ccc2n1Cc1cccc(C(F)(F)F)c1. The average Bonchev–Trinajstić information content (AvgIpc) is 3.30. The standard InChI is InChI=1S/C34H28F3NO4/c1-4-42-33(40)32-31(26-9-6-8-24(18-26)21(2)39)29-19-25(23-11-14-28(41-3)15-12-23)13-16-30(29)38(32)20-22-7-5-10-27(17-22)34(35,36)37/h5-19H,4,20H2,1-3H3. The lowest BCUT2D eigenvalue weighted by atomic mass is 9.96. The first kappa shape index (κ1) is 28.7. The van der Waals surface area contributed by atoms with Crippen LogP contribution in [0, 0.1) is 0 Å². The summed E-state index contributed by atoms with van der Waals surface area (Å²) < 4.78 is 53.0. The molecule has 0 fully saturated rings. The lowest BCUT2D eigenvalue weighted by Gasteiger charge is -2.14. The molecule has 214 valence electrons. The van der Waals surface area contributed by atoms with E-state index in [0.29, 0.717) is 38.9 Å². The molecule has 0 aliphatic rings. The van der Waals surface area contributed by atoms with Gasteiger partial charge in [-0.05, 0) is 78.6 Å². The number of nitrogens with zero attached hydrogens (tertiary/aromatic N) is 1. The van der Waals surface area contributed by atoms with Gasteiger partial charge < -0.3 is 14.0 Å². The predicted octanol–water partition coefficient (Wildman–Crippen LogP) is 8.43. The Morgan fingerprint density at radius 3 is 2.21 bits per heavy atom. The van der Waals surface area contributed by atoms with E-state index >= 15 is 0 Å². The number of ketones is 1. The molecule has 42 heavy (non-hydrogen) atoms. The van der Waals surface area contributed by atoms with Gasteiger partial charge in [0.25, 0.3) is 0 Å². The van der Waals surface area contributed by atoms with Crippen LogP contribution in [0.1, 0.15) is 45.8 Å². The smallest absolute Gasteiger partial charge is 0.416 e. The molecule has 0 amide bonds. The molecule has 0 saturated heterocycles. The minimum atomic E-state index is -4.51. The Morgan fingerprint density at radius 2 is 1.55 bits per heavy atom. The highest BCUT2D eigenvalue weighted by Gasteiger charge is 2.31. The molecule has 0 N–H and O–H groups in total. The molecule has 1 aromatic heterocycles. The van der Waals surface area contributed by atoms with Gasteiger partial charge >= 0.3 is 12.1 Å². The summed E-state index contributed by atoms with van der Waals surface area (Å²) in [5.41, 5.74) is 3.81. The Hall–Kier alpha value is -4.85. The summed E-state index contributed by atoms with van der Waals surface area (Å²) in [6.07, 6.45) is -4.51. The zero-order chi connectivity index (χ0) is 30.0. The van der Waals surface area contributed by atoms with E-state index in [-0.39, 0.29) is 24.6 Å². The molecule has 0 bridgehead atoms. The molecule has 8 heteroatoms. The zero-order valence-electron chi connectivity index (χ0n) is 23.3. The molecule has 0 spiro atoms. The number of Topliss-reactive ketones (excluding diaryl/α,β-unsaturated/α-hetero) is 1. The number of carbonyl (C=O) groups is 2. The van der Waals surface area contributed by atoms with Crippen molar-refractivity contribution in [2.24, 2.45) is 0 Å². The summed E-state index contributed by atoms with van der Waals surface area (Å²) in [6, 6.07) is 25.2. The van der Waals surface area contributed by atoms with E-state index in [1.54, 1.807) is 48.9 Å². The van der Waals surface area contributed by atoms with E-state index in [4.69, 9.17) is 9.47 Å². The van der Waals surface area contributed by atoms with Crippen LogP contribution in [-0.2, 0) is 17.5 Å². The Labute approximate surface area is 241 Å². The Kier molecular flexibility index (Phi) is 7.89. The van der Waals surface area contributed by atoms with Crippen molar-refractivity contribution in [1.82, 2.24) is 4.57 Å². The first-order valence-corrected chi connectivity index (χ1v) is 13.4. The van der Waals surface area contributed by atoms with Crippen molar-refractivity contribution >= 4 is 22.7 Å². The molecule has 0 radical (unpaired) electrons. The minimum Gasteiger partial charge on any atom is -0.497 e. The molecule has 5 aromatic rings. The van der Waals surface area contributed by atoms with Gasteiger partial charge in [-0.25, -0.2) is 4.79 Å². The number of benzene rings is 4. The van der Waals surface area contributed by atoms with Crippen LogP contribution in [0.15, 0.2) is 91.0 Å². The maximum Gasteiger partial charge on any atom is 0.416 e. The molecule has 5 nitrogen and oxygen atoms in total. The fourth-order valence-corrected chi connectivity index (χ4v) is 5.11. The van der Waals surface area contributed by atoms with Crippen molar-refractivity contribution < 1.29 is 32.2 Å². The van der Waals surface area contributed by atoms with E-state index in [1.807, 2.05) is 42.5 Å². The Morgan fingerprint density at radius 1 is 0.833 bits per heavy atom. The van der Waals surface area contributed by atoms with Gasteiger partial charge in [-0.15, -0.1) is 0 Å². The topological polar surface area (TPSA) is 57.5 Å². The van der Waals surface area contributed by atoms with Crippen LogP contribution < -0.4 is 4.74 Å². The molecular weight excluding hydrogens is 543 g/mol. The van der Waals surface area contributed by atoms with Gasteiger partial charge in [0.2, 0.25) is 0 Å². The first-order chi connectivity index (χ1) is 20.1. The highest BCUT2D eigenvalue weighted by Crippen LogP contribution is 2.39. The second kappa shape index (κ2) is 11.6. The number of hydrogen-bond donors (Lipinski definition) is 0. The average molecular weight is 572 g/mol. The van der Waals surface area contributed by atoms with Crippen LogP contribution in [0.25, 0.3) is 33.2 Å². The molecule has 0 aliphatic heterocycles. The Balaban J connectivity index is 1.80. The van der Waals surface area contributed by atoms with E-state index < -0.39 is 17.7 Å². The van der Waals surface area contributed by atoms with Gasteiger partial charge in [-0.3, -0.25) is 4.79 Å². The third kappa shape index (κ3) is 5.65. The molecule has 0 saturated carbocycles. The van der Waals surface area contributed by atoms with Crippen LogP contribution in [0.2, 0.25) is 0 Å². The maximum absolute atomic E-state index is 13.6. The minimum absolute atomic E-state index is 0.0111. The van der Waals surface area contributed by atoms with Gasteiger partial charge in [0.05, 0.1) is 19.3 Å². The number of methoxy groups -OCH3 is 1. The summed E-state index contributed by atoms with van der Waals surface area (Å²) in [4.78, 5) is 25.9. The molecule has 4 aromatic carbocycles. The molecular formula is C34H28F3NO4. The quantitative estimate of drug-likeness (QED) is 0.139. The number of aromatic nitrogens is 1. The molecule has 0 aliphatic carbocycles. The number of hydrogen-bond acceptors (Lipinski definition) is 4. The molecule has 5 rings (SSSR count). The third-order valence-corrected chi connectivity index (χ3v) is 7.11. The highest BCUT2D eigenvalue weighted by atomic mass is 19.4. The van der Waals surface area contributed by atoms with Crippen molar-refractivity contribution in [2.75, 3.05) is 13.7 Å². The van der Waals surface area contributed by atoms with Gasteiger partial charge in [-0.2, -0.15) is 13.2 Å². The molecule has 0 atom stereocenters. The van der Waals surface area contributed by atoms with Crippen molar-refractivity contribution in [3.05, 3.63) is 113 Å². The Bertz CT molecular complexity index is 1790. The second-order valence-electron chi connectivity index (χ2n) is 9.83. The van der Waals surface area contributed by atoms with Crippen LogP contribution in [0.5, 0.6) is 5.75 Å². The fraction of sp³-hybridized carbons (Fsp3) is 0.176. The van der Waals surface area contributed by atoms with Crippen molar-refractivity contribution in [2.45, 2.75) is 26.6 Å². The summed E-state index contributed by atoms with van der Waals surface area (Å²) in [6.45, 7) is 3.25. The molecule has 0 unspecified atom stereocenters. The number of alkyl halides is 3. The monoisotopic (exact) mass is 571 g/mol. The van der Waals surface area contributed by atoms with Gasteiger partial charge in [-0.1, -0.05) is 48.5 Å². The predicted molar refractivity (Wildman–Crippen MR) is 156 cm³/mol. The van der Waals surface area contributed by atoms with Crippen LogP contribution in [0.3, 0.4) is 0 Å². The van der Waals surface area contributed by atoms with Gasteiger partial charge in [0.15, 0.2) is 5.78 Å². The van der Waals surface area contributed by atoms with Crippen LogP contribution in [-0.4, -0.2) is 30.0 Å². The van der Waals surface area contributed by atoms with E-state index in [0.717, 1.165) is 23.3 Å². The second-order valence-corrected chi connectivity index (χ2v) is 9.83. The number of carbonyl (C=O) groups excluding carboxylic acids is 2. The first-order valence-electron chi connectivity index (χ1n) is 13.4. The van der Waals surface area contributed by atoms with Gasteiger partial charge in [0, 0.05) is 28.6 Å². The van der Waals surface area contributed by atoms with E-state index in [2.05, 4.69) is 0 Å².